The van der Waals surface area contributed by atoms with E-state index in [1.54, 1.807) is 22.6 Å². The SMILES string of the molecule is CN=C(NCCCn1nc2n(c1=O)CCCC2)NCc1coc(-c2ccc(C)cc2)n1. The van der Waals surface area contributed by atoms with E-state index in [0.717, 1.165) is 49.3 Å². The maximum atomic E-state index is 12.4. The zero-order chi connectivity index (χ0) is 21.6. The van der Waals surface area contributed by atoms with Gasteiger partial charge in [-0.15, -0.1) is 0 Å². The first-order chi connectivity index (χ1) is 15.1. The molecule has 9 heteroatoms. The van der Waals surface area contributed by atoms with Crippen LogP contribution < -0.4 is 16.3 Å². The van der Waals surface area contributed by atoms with Crippen molar-refractivity contribution in [2.75, 3.05) is 13.6 Å². The fraction of sp³-hybridized carbons (Fsp3) is 0.455. The van der Waals surface area contributed by atoms with E-state index >= 15 is 0 Å². The molecule has 3 heterocycles. The van der Waals surface area contributed by atoms with Crippen molar-refractivity contribution in [3.05, 3.63) is 58.1 Å². The van der Waals surface area contributed by atoms with Crippen LogP contribution in [0.1, 0.15) is 36.3 Å². The monoisotopic (exact) mass is 423 g/mol. The Hall–Kier alpha value is -3.36. The highest BCUT2D eigenvalue weighted by Crippen LogP contribution is 2.19. The first-order valence-corrected chi connectivity index (χ1v) is 10.8. The summed E-state index contributed by atoms with van der Waals surface area (Å²) in [6, 6.07) is 8.08. The molecule has 0 unspecified atom stereocenters. The summed E-state index contributed by atoms with van der Waals surface area (Å²) >= 11 is 0. The molecule has 164 valence electrons. The minimum Gasteiger partial charge on any atom is -0.444 e. The maximum absolute atomic E-state index is 12.4. The number of hydrogen-bond donors (Lipinski definition) is 2. The first-order valence-electron chi connectivity index (χ1n) is 10.8. The number of fused-ring (bicyclic) bond motifs is 1. The van der Waals surface area contributed by atoms with Crippen molar-refractivity contribution in [3.8, 4) is 11.5 Å². The second kappa shape index (κ2) is 9.63. The molecule has 0 spiro atoms. The van der Waals surface area contributed by atoms with Crippen molar-refractivity contribution in [3.63, 3.8) is 0 Å². The van der Waals surface area contributed by atoms with Crippen molar-refractivity contribution in [2.24, 2.45) is 4.99 Å². The summed E-state index contributed by atoms with van der Waals surface area (Å²) in [6.45, 7) is 4.61. The third-order valence-electron chi connectivity index (χ3n) is 5.38. The van der Waals surface area contributed by atoms with Gasteiger partial charge in [-0.25, -0.2) is 14.5 Å². The van der Waals surface area contributed by atoms with Gasteiger partial charge < -0.3 is 15.1 Å². The molecule has 0 atom stereocenters. The fourth-order valence-corrected chi connectivity index (χ4v) is 3.64. The summed E-state index contributed by atoms with van der Waals surface area (Å²) in [6.07, 6.45) is 5.49. The number of aromatic nitrogens is 4. The molecule has 0 fully saturated rings. The van der Waals surface area contributed by atoms with Crippen LogP contribution in [0.3, 0.4) is 0 Å². The number of nitrogens with zero attached hydrogens (tertiary/aromatic N) is 5. The van der Waals surface area contributed by atoms with Crippen LogP contribution in [-0.4, -0.2) is 38.9 Å². The zero-order valence-electron chi connectivity index (χ0n) is 18.1. The van der Waals surface area contributed by atoms with Crippen LogP contribution in [0.15, 0.2) is 44.7 Å². The van der Waals surface area contributed by atoms with Gasteiger partial charge in [0.05, 0.1) is 12.2 Å². The lowest BCUT2D eigenvalue weighted by molar-refractivity contribution is 0.509. The Morgan fingerprint density at radius 2 is 2.06 bits per heavy atom. The number of oxazole rings is 1. The molecular weight excluding hydrogens is 394 g/mol. The predicted octanol–water partition coefficient (Wildman–Crippen LogP) is 2.10. The molecule has 1 aromatic carbocycles. The Labute approximate surface area is 181 Å². The molecule has 0 saturated carbocycles. The molecule has 31 heavy (non-hydrogen) atoms. The van der Waals surface area contributed by atoms with Crippen molar-refractivity contribution in [1.29, 1.82) is 0 Å². The van der Waals surface area contributed by atoms with E-state index in [4.69, 9.17) is 4.42 Å². The minimum absolute atomic E-state index is 0.00706. The molecule has 3 aromatic rings. The molecule has 4 rings (SSSR count). The first kappa shape index (κ1) is 20.9. The topological polar surface area (TPSA) is 102 Å². The number of hydrogen-bond acceptors (Lipinski definition) is 5. The maximum Gasteiger partial charge on any atom is 0.345 e. The van der Waals surface area contributed by atoms with Gasteiger partial charge in [-0.05, 0) is 38.3 Å². The van der Waals surface area contributed by atoms with Gasteiger partial charge in [-0.1, -0.05) is 17.7 Å². The average molecular weight is 424 g/mol. The second-order valence-corrected chi connectivity index (χ2v) is 7.75. The van der Waals surface area contributed by atoms with Gasteiger partial charge in [0.1, 0.15) is 12.1 Å². The van der Waals surface area contributed by atoms with Crippen LogP contribution >= 0.6 is 0 Å². The number of rotatable bonds is 7. The van der Waals surface area contributed by atoms with Crippen LogP contribution in [0.4, 0.5) is 0 Å². The van der Waals surface area contributed by atoms with Gasteiger partial charge in [-0.3, -0.25) is 9.56 Å². The zero-order valence-corrected chi connectivity index (χ0v) is 18.1. The number of nitrogens with one attached hydrogen (secondary N) is 2. The number of aliphatic imine (C=N–C) groups is 1. The van der Waals surface area contributed by atoms with Crippen molar-refractivity contribution >= 4 is 5.96 Å². The van der Waals surface area contributed by atoms with Crippen LogP contribution in [0.25, 0.3) is 11.5 Å². The Morgan fingerprint density at radius 3 is 2.84 bits per heavy atom. The summed E-state index contributed by atoms with van der Waals surface area (Å²) in [4.78, 5) is 21.1. The van der Waals surface area contributed by atoms with E-state index in [1.165, 1.54) is 5.56 Å². The standard InChI is InChI=1S/C22H29N7O2/c1-16-7-9-17(10-8-16)20-26-18(15-31-20)14-25-21(23-2)24-11-5-13-29-22(30)28-12-4-3-6-19(28)27-29/h7-10,15H,3-6,11-14H2,1-2H3,(H2,23,24,25). The summed E-state index contributed by atoms with van der Waals surface area (Å²) in [5, 5.41) is 11.0. The van der Waals surface area contributed by atoms with E-state index in [2.05, 4.69) is 25.7 Å². The third kappa shape index (κ3) is 5.04. The smallest absolute Gasteiger partial charge is 0.345 e. The molecule has 0 radical (unpaired) electrons. The summed E-state index contributed by atoms with van der Waals surface area (Å²) < 4.78 is 8.99. The van der Waals surface area contributed by atoms with Gasteiger partial charge in [0.25, 0.3) is 0 Å². The predicted molar refractivity (Wildman–Crippen MR) is 119 cm³/mol. The molecular formula is C22H29N7O2. The van der Waals surface area contributed by atoms with Crippen LogP contribution in [0.5, 0.6) is 0 Å². The molecule has 9 nitrogen and oxygen atoms in total. The third-order valence-corrected chi connectivity index (χ3v) is 5.38. The Bertz CT molecular complexity index is 1090. The summed E-state index contributed by atoms with van der Waals surface area (Å²) in [7, 11) is 1.73. The Morgan fingerprint density at radius 1 is 1.23 bits per heavy atom. The second-order valence-electron chi connectivity index (χ2n) is 7.75. The Balaban J connectivity index is 1.23. The minimum atomic E-state index is 0.00706. The van der Waals surface area contributed by atoms with Gasteiger partial charge in [0.2, 0.25) is 5.89 Å². The lowest BCUT2D eigenvalue weighted by Gasteiger charge is -2.10. The molecule has 2 N–H and O–H groups in total. The molecule has 1 aliphatic rings. The van der Waals surface area contributed by atoms with Crippen LogP contribution in [0, 0.1) is 6.92 Å². The van der Waals surface area contributed by atoms with Crippen molar-refractivity contribution in [1.82, 2.24) is 30.0 Å². The highest BCUT2D eigenvalue weighted by molar-refractivity contribution is 5.79. The van der Waals surface area contributed by atoms with E-state index in [-0.39, 0.29) is 5.69 Å². The molecule has 0 amide bonds. The van der Waals surface area contributed by atoms with Gasteiger partial charge in [0.15, 0.2) is 5.96 Å². The summed E-state index contributed by atoms with van der Waals surface area (Å²) in [5.74, 6) is 2.20. The van der Waals surface area contributed by atoms with Gasteiger partial charge in [-0.2, -0.15) is 5.10 Å². The quantitative estimate of drug-likeness (QED) is 0.343. The van der Waals surface area contributed by atoms with E-state index in [1.807, 2.05) is 31.2 Å². The highest BCUT2D eigenvalue weighted by Gasteiger charge is 2.16. The highest BCUT2D eigenvalue weighted by atomic mass is 16.3. The van der Waals surface area contributed by atoms with Crippen molar-refractivity contribution in [2.45, 2.75) is 52.2 Å². The van der Waals surface area contributed by atoms with E-state index in [9.17, 15) is 4.79 Å². The lowest BCUT2D eigenvalue weighted by Crippen LogP contribution is -2.38. The molecule has 0 saturated heterocycles. The van der Waals surface area contributed by atoms with Crippen LogP contribution in [0.2, 0.25) is 0 Å². The normalized spacial score (nSPS) is 13.8. The molecule has 1 aliphatic heterocycles. The largest absolute Gasteiger partial charge is 0.444 e. The lowest BCUT2D eigenvalue weighted by atomic mass is 10.1. The van der Waals surface area contributed by atoms with Gasteiger partial charge in [0, 0.05) is 38.7 Å². The molecule has 0 aliphatic carbocycles. The number of guanidine groups is 1. The van der Waals surface area contributed by atoms with Gasteiger partial charge >= 0.3 is 5.69 Å². The van der Waals surface area contributed by atoms with E-state index in [0.29, 0.717) is 31.5 Å². The molecule has 2 aromatic heterocycles. The average Bonchev–Trinajstić information content (AvgIpc) is 3.39. The van der Waals surface area contributed by atoms with E-state index < -0.39 is 0 Å². The number of aryl methyl sites for hydroxylation is 3. The Kier molecular flexibility index (Phi) is 6.49. The molecule has 0 bridgehead atoms. The summed E-state index contributed by atoms with van der Waals surface area (Å²) in [5.41, 5.74) is 2.96. The fourth-order valence-electron chi connectivity index (χ4n) is 3.64. The number of benzene rings is 1. The van der Waals surface area contributed by atoms with Crippen molar-refractivity contribution < 1.29 is 4.42 Å². The van der Waals surface area contributed by atoms with Crippen LogP contribution in [-0.2, 0) is 26.1 Å².